The van der Waals surface area contributed by atoms with Crippen molar-refractivity contribution in [2.24, 2.45) is 0 Å². The third-order valence-corrected chi connectivity index (χ3v) is 3.63. The summed E-state index contributed by atoms with van der Waals surface area (Å²) >= 11 is 0. The molecule has 25 heavy (non-hydrogen) atoms. The highest BCUT2D eigenvalue weighted by Crippen LogP contribution is 2.34. The van der Waals surface area contributed by atoms with Gasteiger partial charge in [-0.15, -0.1) is 0 Å². The van der Waals surface area contributed by atoms with Crippen LogP contribution in [0.1, 0.15) is 22.6 Å². The summed E-state index contributed by atoms with van der Waals surface area (Å²) in [6, 6.07) is 8.04. The Morgan fingerprint density at radius 3 is 1.52 bits per heavy atom. The fourth-order valence-corrected chi connectivity index (χ4v) is 2.63. The van der Waals surface area contributed by atoms with E-state index in [1.165, 1.54) is 0 Å². The molecule has 10 heteroatoms. The molecule has 3 rings (SSSR count). The summed E-state index contributed by atoms with van der Waals surface area (Å²) in [5.41, 5.74) is -4.11. The predicted octanol–water partition coefficient (Wildman–Crippen LogP) is -0.969. The zero-order valence-electron chi connectivity index (χ0n) is 12.5. The second kappa shape index (κ2) is 6.00. The lowest BCUT2D eigenvalue weighted by atomic mass is 9.87. The highest BCUT2D eigenvalue weighted by molar-refractivity contribution is 5.47. The second-order valence-electron chi connectivity index (χ2n) is 5.18. The second-order valence-corrected chi connectivity index (χ2v) is 5.18. The Labute approximate surface area is 137 Å². The molecule has 1 aromatic carbocycles. The Morgan fingerprint density at radius 2 is 1.12 bits per heavy atom. The fraction of sp³-hybridized carbons (Fsp3) is 0.0667. The van der Waals surface area contributed by atoms with E-state index in [2.05, 4.69) is 0 Å². The van der Waals surface area contributed by atoms with Crippen LogP contribution in [0.3, 0.4) is 0 Å². The monoisotopic (exact) mass is 344 g/mol. The van der Waals surface area contributed by atoms with Crippen molar-refractivity contribution in [2.45, 2.75) is 5.92 Å². The maximum Gasteiger partial charge on any atom is 0.328 e. The van der Waals surface area contributed by atoms with Gasteiger partial charge in [-0.2, -0.15) is 0 Å². The van der Waals surface area contributed by atoms with Gasteiger partial charge in [0.2, 0.25) is 11.8 Å². The molecule has 10 nitrogen and oxygen atoms in total. The SMILES string of the molecule is O=c1[nH]c(O)c(C(c2ccccc2)c2c(O)[nH]c(=O)[nH]c2=O)c(=O)[nH]1. The quantitative estimate of drug-likeness (QED) is 0.357. The van der Waals surface area contributed by atoms with Crippen molar-refractivity contribution < 1.29 is 10.2 Å². The first kappa shape index (κ1) is 16.1. The third-order valence-electron chi connectivity index (χ3n) is 3.63. The molecule has 0 aliphatic heterocycles. The Hall–Kier alpha value is -3.82. The standard InChI is InChI=1S/C15H12N4O6/c20-10-8(11(21)17-14(24)16-10)7(6-4-2-1-3-5-6)9-12(22)18-15(25)19-13(9)23/h1-5,7H,(H3,16,17,20,21,24)(H3,18,19,22,23,25). The van der Waals surface area contributed by atoms with Crippen molar-refractivity contribution in [1.29, 1.82) is 0 Å². The molecule has 0 amide bonds. The molecule has 0 aliphatic rings. The van der Waals surface area contributed by atoms with Gasteiger partial charge >= 0.3 is 11.4 Å². The van der Waals surface area contributed by atoms with Gasteiger partial charge in [0.25, 0.3) is 11.1 Å². The Morgan fingerprint density at radius 1 is 0.680 bits per heavy atom. The Balaban J connectivity index is 2.42. The molecule has 3 aromatic rings. The van der Waals surface area contributed by atoms with Crippen molar-refractivity contribution in [3.05, 3.63) is 88.7 Å². The van der Waals surface area contributed by atoms with E-state index in [1.54, 1.807) is 30.3 Å². The minimum atomic E-state index is -1.25. The van der Waals surface area contributed by atoms with Crippen molar-refractivity contribution in [3.8, 4) is 11.8 Å². The van der Waals surface area contributed by atoms with E-state index < -0.39 is 40.2 Å². The first-order valence-corrected chi connectivity index (χ1v) is 7.04. The molecule has 2 heterocycles. The first-order chi connectivity index (χ1) is 11.9. The summed E-state index contributed by atoms with van der Waals surface area (Å²) in [6.45, 7) is 0. The fourth-order valence-electron chi connectivity index (χ4n) is 2.63. The summed E-state index contributed by atoms with van der Waals surface area (Å²) < 4.78 is 0. The summed E-state index contributed by atoms with van der Waals surface area (Å²) in [5, 5.41) is 20.1. The molecule has 0 aliphatic carbocycles. The lowest BCUT2D eigenvalue weighted by molar-refractivity contribution is 0.429. The van der Waals surface area contributed by atoms with Crippen LogP contribution in [0, 0.1) is 0 Å². The summed E-state index contributed by atoms with van der Waals surface area (Å²) in [6.07, 6.45) is 0. The summed E-state index contributed by atoms with van der Waals surface area (Å²) in [5.74, 6) is -2.76. The molecule has 0 fully saturated rings. The van der Waals surface area contributed by atoms with Gasteiger partial charge in [-0.1, -0.05) is 30.3 Å². The van der Waals surface area contributed by atoms with Crippen molar-refractivity contribution in [2.75, 3.05) is 0 Å². The number of rotatable bonds is 3. The number of aromatic amines is 4. The molecule has 0 radical (unpaired) electrons. The average Bonchev–Trinajstić information content (AvgIpc) is 2.52. The molecule has 0 saturated heterocycles. The molecule has 2 aromatic heterocycles. The van der Waals surface area contributed by atoms with Gasteiger partial charge in [0.05, 0.1) is 17.0 Å². The van der Waals surface area contributed by atoms with Crippen molar-refractivity contribution in [1.82, 2.24) is 19.9 Å². The number of benzene rings is 1. The number of nitrogens with one attached hydrogen (secondary N) is 4. The van der Waals surface area contributed by atoms with Gasteiger partial charge in [0, 0.05) is 0 Å². The minimum absolute atomic E-state index is 0.362. The van der Waals surface area contributed by atoms with Crippen LogP contribution in [0.4, 0.5) is 0 Å². The molecular formula is C15H12N4O6. The smallest absolute Gasteiger partial charge is 0.328 e. The number of aromatic nitrogens is 4. The van der Waals surface area contributed by atoms with Crippen molar-refractivity contribution >= 4 is 0 Å². The highest BCUT2D eigenvalue weighted by Gasteiger charge is 2.29. The van der Waals surface area contributed by atoms with E-state index in [4.69, 9.17) is 0 Å². The van der Waals surface area contributed by atoms with Gasteiger partial charge in [0.15, 0.2) is 0 Å². The zero-order valence-corrected chi connectivity index (χ0v) is 12.5. The van der Waals surface area contributed by atoms with E-state index >= 15 is 0 Å². The normalized spacial score (nSPS) is 10.9. The lowest BCUT2D eigenvalue weighted by Crippen LogP contribution is -2.32. The molecule has 0 bridgehead atoms. The van der Waals surface area contributed by atoms with Gasteiger partial charge < -0.3 is 10.2 Å². The Bertz CT molecular complexity index is 1080. The highest BCUT2D eigenvalue weighted by atomic mass is 16.3. The van der Waals surface area contributed by atoms with Crippen LogP contribution in [0.5, 0.6) is 11.8 Å². The van der Waals surface area contributed by atoms with E-state index in [0.29, 0.717) is 5.56 Å². The van der Waals surface area contributed by atoms with E-state index in [9.17, 15) is 29.4 Å². The minimum Gasteiger partial charge on any atom is -0.494 e. The van der Waals surface area contributed by atoms with Crippen LogP contribution < -0.4 is 22.5 Å². The van der Waals surface area contributed by atoms with Crippen LogP contribution in [0.2, 0.25) is 0 Å². The first-order valence-electron chi connectivity index (χ1n) is 7.04. The molecule has 0 unspecified atom stereocenters. The van der Waals surface area contributed by atoms with Gasteiger partial charge in [0.1, 0.15) is 0 Å². The molecule has 0 atom stereocenters. The summed E-state index contributed by atoms with van der Waals surface area (Å²) in [4.78, 5) is 55.0. The maximum absolute atomic E-state index is 12.2. The molecule has 0 spiro atoms. The largest absolute Gasteiger partial charge is 0.494 e. The molecule has 128 valence electrons. The topological polar surface area (TPSA) is 172 Å². The van der Waals surface area contributed by atoms with Crippen LogP contribution in [0.15, 0.2) is 49.5 Å². The third kappa shape index (κ3) is 2.87. The molecule has 6 N–H and O–H groups in total. The van der Waals surface area contributed by atoms with Gasteiger partial charge in [-0.25, -0.2) is 9.59 Å². The van der Waals surface area contributed by atoms with Crippen LogP contribution in [-0.4, -0.2) is 30.1 Å². The number of hydrogen-bond acceptors (Lipinski definition) is 6. The predicted molar refractivity (Wildman–Crippen MR) is 86.1 cm³/mol. The Kier molecular flexibility index (Phi) is 3.85. The average molecular weight is 344 g/mol. The number of H-pyrrole nitrogens is 4. The van der Waals surface area contributed by atoms with E-state index in [1.807, 2.05) is 19.9 Å². The number of hydrogen-bond donors (Lipinski definition) is 6. The summed E-state index contributed by atoms with van der Waals surface area (Å²) in [7, 11) is 0. The lowest BCUT2D eigenvalue weighted by Gasteiger charge is -2.18. The van der Waals surface area contributed by atoms with Crippen LogP contribution in [0.25, 0.3) is 0 Å². The molecular weight excluding hydrogens is 332 g/mol. The van der Waals surface area contributed by atoms with Crippen LogP contribution in [-0.2, 0) is 0 Å². The van der Waals surface area contributed by atoms with Crippen LogP contribution >= 0.6 is 0 Å². The number of aromatic hydroxyl groups is 2. The molecule has 0 saturated carbocycles. The van der Waals surface area contributed by atoms with E-state index in [-0.39, 0.29) is 11.1 Å². The van der Waals surface area contributed by atoms with E-state index in [0.717, 1.165) is 0 Å². The maximum atomic E-state index is 12.2. The zero-order chi connectivity index (χ0) is 18.1. The van der Waals surface area contributed by atoms with Gasteiger partial charge in [-0.3, -0.25) is 29.5 Å². The van der Waals surface area contributed by atoms with Gasteiger partial charge in [-0.05, 0) is 5.56 Å². The van der Waals surface area contributed by atoms with Crippen molar-refractivity contribution in [3.63, 3.8) is 0 Å².